The van der Waals surface area contributed by atoms with Gasteiger partial charge in [-0.15, -0.1) is 0 Å². The van der Waals surface area contributed by atoms with Crippen LogP contribution in [0.2, 0.25) is 0 Å². The lowest BCUT2D eigenvalue weighted by molar-refractivity contribution is -0.303. The molecule has 0 aliphatic carbocycles. The largest absolute Gasteiger partial charge is 0.488 e. The summed E-state index contributed by atoms with van der Waals surface area (Å²) in [6.07, 6.45) is 4.22. The first kappa shape index (κ1) is 36.5. The highest BCUT2D eigenvalue weighted by atomic mass is 16.7. The average Bonchev–Trinajstić information content (AvgIpc) is 3.84. The number of ketones is 1. The number of Topliss-reactive ketones (excluding diaryl/α,β-unsaturated/α-hetero) is 1. The Morgan fingerprint density at radius 3 is 2.02 bits per heavy atom. The summed E-state index contributed by atoms with van der Waals surface area (Å²) in [6.45, 7) is 11.4. The highest BCUT2D eigenvalue weighted by Crippen LogP contribution is 2.49. The number of rotatable bonds is 15. The minimum absolute atomic E-state index is 0.133. The lowest BCUT2D eigenvalue weighted by Crippen LogP contribution is -2.53. The minimum atomic E-state index is -1.04. The van der Waals surface area contributed by atoms with Crippen LogP contribution in [0.3, 0.4) is 0 Å². The molecule has 8 heteroatoms. The van der Waals surface area contributed by atoms with E-state index in [0.29, 0.717) is 40.9 Å². The zero-order chi connectivity index (χ0) is 35.2. The predicted octanol–water partition coefficient (Wildman–Crippen LogP) is 7.73. The number of aliphatic hydroxyl groups excluding tert-OH is 2. The molecule has 0 bridgehead atoms. The van der Waals surface area contributed by atoms with Crippen molar-refractivity contribution >= 4 is 11.9 Å². The van der Waals surface area contributed by atoms with Crippen LogP contribution in [0.4, 0.5) is 0 Å². The van der Waals surface area contributed by atoms with Crippen molar-refractivity contribution in [2.75, 3.05) is 6.61 Å². The number of carbonyl (C=O) groups excluding carboxylic acids is 1. The molecule has 3 aromatic carbocycles. The Morgan fingerprint density at radius 2 is 1.51 bits per heavy atom. The normalized spacial score (nSPS) is 23.1. The van der Waals surface area contributed by atoms with Crippen LogP contribution in [0.5, 0.6) is 11.5 Å². The lowest BCUT2D eigenvalue weighted by Gasteiger charge is -2.43. The molecule has 2 heterocycles. The molecule has 8 nitrogen and oxygen atoms in total. The number of hydrogen-bond acceptors (Lipinski definition) is 8. The van der Waals surface area contributed by atoms with E-state index < -0.39 is 30.2 Å². The fourth-order valence-electron chi connectivity index (χ4n) is 6.67. The molecular weight excluding hydrogens is 620 g/mol. The summed E-state index contributed by atoms with van der Waals surface area (Å²) in [5, 5.41) is 21.3. The lowest BCUT2D eigenvalue weighted by atomic mass is 9.86. The fourth-order valence-corrected chi connectivity index (χ4v) is 6.67. The molecule has 2 saturated heterocycles. The van der Waals surface area contributed by atoms with Gasteiger partial charge in [-0.2, -0.15) is 0 Å². The van der Waals surface area contributed by atoms with Crippen molar-refractivity contribution < 1.29 is 38.7 Å². The molecule has 2 aliphatic heterocycles. The van der Waals surface area contributed by atoms with Crippen LogP contribution in [0.15, 0.2) is 84.0 Å². The number of ether oxygens (including phenoxy) is 5. The third-order valence-corrected chi connectivity index (χ3v) is 8.98. The van der Waals surface area contributed by atoms with E-state index in [-0.39, 0.29) is 37.5 Å². The van der Waals surface area contributed by atoms with Crippen LogP contribution in [0.1, 0.15) is 93.4 Å². The van der Waals surface area contributed by atoms with Gasteiger partial charge in [0.2, 0.25) is 0 Å². The van der Waals surface area contributed by atoms with Crippen LogP contribution < -0.4 is 9.47 Å². The third-order valence-electron chi connectivity index (χ3n) is 8.98. The highest BCUT2D eigenvalue weighted by Gasteiger charge is 2.63. The predicted molar refractivity (Wildman–Crippen MR) is 189 cm³/mol. The van der Waals surface area contributed by atoms with Crippen molar-refractivity contribution in [3.05, 3.63) is 112 Å². The monoisotopic (exact) mass is 670 g/mol. The molecule has 2 N–H and O–H groups in total. The molecule has 2 fully saturated rings. The molecule has 262 valence electrons. The van der Waals surface area contributed by atoms with Crippen molar-refractivity contribution in [3.8, 4) is 11.5 Å². The Labute approximate surface area is 290 Å². The molecule has 0 spiro atoms. The molecule has 5 rings (SSSR count). The van der Waals surface area contributed by atoms with Crippen molar-refractivity contribution in [1.82, 2.24) is 0 Å². The van der Waals surface area contributed by atoms with Crippen LogP contribution >= 0.6 is 0 Å². The van der Waals surface area contributed by atoms with Gasteiger partial charge in [-0.05, 0) is 57.7 Å². The second-order valence-electron chi connectivity index (χ2n) is 13.5. The summed E-state index contributed by atoms with van der Waals surface area (Å²) in [7, 11) is 0. The highest BCUT2D eigenvalue weighted by molar-refractivity contribution is 6.12. The molecule has 0 unspecified atom stereocenters. The second kappa shape index (κ2) is 15.8. The Hall–Kier alpha value is -3.79. The molecule has 0 radical (unpaired) electrons. The first-order valence-corrected chi connectivity index (χ1v) is 17.2. The summed E-state index contributed by atoms with van der Waals surface area (Å²) >= 11 is 0. The average molecular weight is 671 g/mol. The number of allylic oxidation sites excluding steroid dienone is 2. The Balaban J connectivity index is 1.61. The van der Waals surface area contributed by atoms with Crippen molar-refractivity contribution in [2.45, 2.75) is 110 Å². The maximum Gasteiger partial charge on any atom is 0.195 e. The van der Waals surface area contributed by atoms with Gasteiger partial charge in [0.25, 0.3) is 0 Å². The maximum atomic E-state index is 14.9. The van der Waals surface area contributed by atoms with Gasteiger partial charge in [-0.1, -0.05) is 92.2 Å². The van der Waals surface area contributed by atoms with Crippen molar-refractivity contribution in [1.29, 1.82) is 0 Å². The molecule has 2 aliphatic rings. The molecule has 3 aromatic rings. The van der Waals surface area contributed by atoms with E-state index in [1.54, 1.807) is 6.07 Å². The maximum absolute atomic E-state index is 14.9. The van der Waals surface area contributed by atoms with Gasteiger partial charge in [-0.25, -0.2) is 0 Å². The van der Waals surface area contributed by atoms with E-state index in [9.17, 15) is 15.0 Å². The number of hydrogen-bond donors (Lipinski definition) is 2. The quantitative estimate of drug-likeness (QED) is 0.0962. The Morgan fingerprint density at radius 1 is 0.898 bits per heavy atom. The van der Waals surface area contributed by atoms with Gasteiger partial charge in [0.15, 0.2) is 11.6 Å². The van der Waals surface area contributed by atoms with Crippen LogP contribution in [0, 0.1) is 0 Å². The topological polar surface area (TPSA) is 107 Å². The van der Waals surface area contributed by atoms with Crippen LogP contribution in [-0.4, -0.2) is 52.3 Å². The number of benzene rings is 3. The SMILES string of the molecule is CC/C=C(\C(=O)c1cc(C=C(C)C)c(OCc2ccccc2)c(CO)c1OCc1ccccc1)[C@H]1C[C@H]([C@]2(CO)O[C@H]2CC)OC(C)(C)O1. The Bertz CT molecular complexity index is 1640. The van der Waals surface area contributed by atoms with E-state index in [0.717, 1.165) is 23.1 Å². The number of epoxide rings is 1. The Kier molecular flexibility index (Phi) is 11.8. The van der Waals surface area contributed by atoms with E-state index in [1.807, 2.05) is 114 Å². The van der Waals surface area contributed by atoms with Gasteiger partial charge in [0.05, 0.1) is 42.7 Å². The van der Waals surface area contributed by atoms with Crippen LogP contribution in [0.25, 0.3) is 6.08 Å². The standard InChI is InChI=1S/C41H50O8/c1-7-15-31(34-22-36(48-40(5,6)47-34)41(26-43)35(8-2)49-41)37(44)32-21-30(20-27(3)4)38(45-24-28-16-11-9-12-17-28)33(23-42)39(32)46-25-29-18-13-10-14-19-29/h9-21,34-36,42-43H,7-8,22-26H2,1-6H3/b31-15-/t34-,35+,36-,41-/m1/s1. The van der Waals surface area contributed by atoms with Crippen molar-refractivity contribution in [3.63, 3.8) is 0 Å². The summed E-state index contributed by atoms with van der Waals surface area (Å²) in [6, 6.07) is 21.3. The zero-order valence-corrected chi connectivity index (χ0v) is 29.5. The van der Waals surface area contributed by atoms with Crippen molar-refractivity contribution in [2.24, 2.45) is 0 Å². The summed E-state index contributed by atoms with van der Waals surface area (Å²) in [4.78, 5) is 14.9. The molecule has 49 heavy (non-hydrogen) atoms. The number of aliphatic hydroxyl groups is 2. The first-order chi connectivity index (χ1) is 23.6. The zero-order valence-electron chi connectivity index (χ0n) is 29.5. The number of carbonyl (C=O) groups is 1. The van der Waals surface area contributed by atoms with Gasteiger partial charge in [-0.3, -0.25) is 4.79 Å². The fraction of sp³-hybridized carbons (Fsp3) is 0.439. The van der Waals surface area contributed by atoms with Gasteiger partial charge < -0.3 is 33.9 Å². The third kappa shape index (κ3) is 8.34. The smallest absolute Gasteiger partial charge is 0.195 e. The van der Waals surface area contributed by atoms with Crippen LogP contribution in [-0.2, 0) is 34.0 Å². The molecule has 0 amide bonds. The summed E-state index contributed by atoms with van der Waals surface area (Å²) < 4.78 is 31.7. The summed E-state index contributed by atoms with van der Waals surface area (Å²) in [5.41, 5.74) is 3.85. The van der Waals surface area contributed by atoms with Gasteiger partial charge in [0, 0.05) is 17.6 Å². The molecule has 0 saturated carbocycles. The van der Waals surface area contributed by atoms with E-state index in [4.69, 9.17) is 23.7 Å². The minimum Gasteiger partial charge on any atom is -0.488 e. The van der Waals surface area contributed by atoms with E-state index in [2.05, 4.69) is 0 Å². The second-order valence-corrected chi connectivity index (χ2v) is 13.5. The van der Waals surface area contributed by atoms with E-state index in [1.165, 1.54) is 0 Å². The molecular formula is C41H50O8. The molecule has 0 aromatic heterocycles. The molecule has 4 atom stereocenters. The van der Waals surface area contributed by atoms with Gasteiger partial charge >= 0.3 is 0 Å². The van der Waals surface area contributed by atoms with Gasteiger partial charge in [0.1, 0.15) is 30.3 Å². The van der Waals surface area contributed by atoms with E-state index >= 15 is 0 Å². The first-order valence-electron chi connectivity index (χ1n) is 17.2. The summed E-state index contributed by atoms with van der Waals surface area (Å²) in [5.74, 6) is -0.601.